The van der Waals surface area contributed by atoms with Crippen LogP contribution in [0.4, 0.5) is 10.5 Å². The van der Waals surface area contributed by atoms with E-state index in [9.17, 15) is 19.2 Å². The number of anilines is 1. The quantitative estimate of drug-likeness (QED) is 0.155. The maximum atomic E-state index is 13.7. The number of amides is 1. The lowest BCUT2D eigenvalue weighted by Crippen LogP contribution is -2.30. The van der Waals surface area contributed by atoms with Crippen molar-refractivity contribution in [3.8, 4) is 28.7 Å². The lowest BCUT2D eigenvalue weighted by Gasteiger charge is -2.21. The number of carboxylic acid groups (broad SMARTS) is 1. The zero-order valence-electron chi connectivity index (χ0n) is 23.9. The molecule has 6 rings (SSSR count). The van der Waals surface area contributed by atoms with Gasteiger partial charge in [-0.1, -0.05) is 24.3 Å². The Morgan fingerprint density at radius 3 is 2.34 bits per heavy atom. The van der Waals surface area contributed by atoms with Gasteiger partial charge in [-0.25, -0.2) is 4.79 Å². The van der Waals surface area contributed by atoms with Gasteiger partial charge in [0.05, 0.1) is 36.5 Å². The number of carbonyl (C=O) groups is 3. The van der Waals surface area contributed by atoms with Crippen LogP contribution < -0.4 is 34.1 Å². The molecule has 4 aromatic carbocycles. The molecule has 0 saturated heterocycles. The zero-order chi connectivity index (χ0) is 31.1. The lowest BCUT2D eigenvalue weighted by atomic mass is 10.00. The van der Waals surface area contributed by atoms with E-state index in [1.165, 1.54) is 32.4 Å². The van der Waals surface area contributed by atoms with Gasteiger partial charge in [-0.15, -0.1) is 0 Å². The number of aryl methyl sites for hydroxylation is 1. The van der Waals surface area contributed by atoms with Gasteiger partial charge >= 0.3 is 18.0 Å². The number of hydrogen-bond acceptors (Lipinski definition) is 9. The summed E-state index contributed by atoms with van der Waals surface area (Å²) in [6.07, 6.45) is -1.58. The summed E-state index contributed by atoms with van der Waals surface area (Å²) in [6.45, 7) is 0.128. The average Bonchev–Trinajstić information content (AvgIpc) is 3.48. The first-order valence-electron chi connectivity index (χ1n) is 13.5. The second kappa shape index (κ2) is 11.1. The van der Waals surface area contributed by atoms with Crippen molar-refractivity contribution >= 4 is 56.2 Å². The maximum Gasteiger partial charge on any atom is 0.419 e. The minimum absolute atomic E-state index is 0.00777. The van der Waals surface area contributed by atoms with Crippen LogP contribution >= 0.6 is 0 Å². The molecule has 1 aliphatic heterocycles. The molecule has 12 heteroatoms. The fraction of sp³-hybridized carbons (Fsp3) is 0.188. The van der Waals surface area contributed by atoms with Crippen molar-refractivity contribution in [2.75, 3.05) is 25.9 Å². The van der Waals surface area contributed by atoms with Crippen molar-refractivity contribution in [2.24, 2.45) is 7.05 Å². The number of aliphatic carboxylic acids is 1. The van der Waals surface area contributed by atoms with Crippen molar-refractivity contribution in [3.05, 3.63) is 71.0 Å². The number of methoxy groups -OCH3 is 1. The van der Waals surface area contributed by atoms with Crippen molar-refractivity contribution in [2.45, 2.75) is 12.8 Å². The lowest BCUT2D eigenvalue weighted by molar-refractivity contribution is -0.142. The summed E-state index contributed by atoms with van der Waals surface area (Å²) >= 11 is 0. The second-order valence-corrected chi connectivity index (χ2v) is 10.1. The van der Waals surface area contributed by atoms with Crippen LogP contribution in [0, 0.1) is 0 Å². The molecular formula is C32H26N2O10. The van der Waals surface area contributed by atoms with Gasteiger partial charge in [0.25, 0.3) is 5.56 Å². The Labute approximate surface area is 249 Å². The predicted molar refractivity (Wildman–Crippen MR) is 160 cm³/mol. The number of aromatic nitrogens is 1. The van der Waals surface area contributed by atoms with Crippen LogP contribution in [0.15, 0.2) is 65.5 Å². The Hall–Kier alpha value is -5.78. The number of pyridine rings is 1. The van der Waals surface area contributed by atoms with Gasteiger partial charge < -0.3 is 33.4 Å². The van der Waals surface area contributed by atoms with Crippen molar-refractivity contribution < 1.29 is 43.2 Å². The number of benzene rings is 4. The van der Waals surface area contributed by atoms with E-state index in [2.05, 4.69) is 0 Å². The number of esters is 1. The zero-order valence-corrected chi connectivity index (χ0v) is 23.9. The highest BCUT2D eigenvalue weighted by Gasteiger charge is 2.23. The van der Waals surface area contributed by atoms with Crippen LogP contribution in [0.5, 0.6) is 28.7 Å². The monoisotopic (exact) mass is 598 g/mol. The van der Waals surface area contributed by atoms with E-state index in [0.29, 0.717) is 27.8 Å². The van der Waals surface area contributed by atoms with E-state index in [4.69, 9.17) is 28.8 Å². The summed E-state index contributed by atoms with van der Waals surface area (Å²) in [6, 6.07) is 16.9. The molecule has 1 amide bonds. The third-order valence-electron chi connectivity index (χ3n) is 7.41. The van der Waals surface area contributed by atoms with Crippen LogP contribution in [-0.2, 0) is 16.6 Å². The number of fused-ring (bicyclic) bond motifs is 6. The minimum Gasteiger partial charge on any atom is -0.493 e. The molecule has 0 saturated carbocycles. The Balaban J connectivity index is 1.37. The summed E-state index contributed by atoms with van der Waals surface area (Å²) in [5.74, 6) is -0.398. The van der Waals surface area contributed by atoms with Gasteiger partial charge in [0, 0.05) is 30.3 Å². The summed E-state index contributed by atoms with van der Waals surface area (Å²) in [7, 11) is 4.52. The van der Waals surface area contributed by atoms with E-state index < -0.39 is 24.5 Å². The van der Waals surface area contributed by atoms with E-state index in [1.807, 2.05) is 24.3 Å². The molecule has 1 N–H and O–H groups in total. The molecule has 12 nitrogen and oxygen atoms in total. The smallest absolute Gasteiger partial charge is 0.419 e. The van der Waals surface area contributed by atoms with E-state index >= 15 is 0 Å². The number of carboxylic acids is 1. The van der Waals surface area contributed by atoms with Crippen molar-refractivity contribution in [1.82, 2.24) is 4.57 Å². The molecule has 0 unspecified atom stereocenters. The van der Waals surface area contributed by atoms with Crippen LogP contribution in [0.3, 0.4) is 0 Å². The number of carbonyl (C=O) groups excluding carboxylic acids is 2. The Morgan fingerprint density at radius 2 is 1.59 bits per heavy atom. The molecule has 0 spiro atoms. The molecule has 0 atom stereocenters. The van der Waals surface area contributed by atoms with Gasteiger partial charge in [0.2, 0.25) is 6.79 Å². The highest BCUT2D eigenvalue weighted by molar-refractivity contribution is 6.16. The number of rotatable bonds is 7. The van der Waals surface area contributed by atoms with Gasteiger partial charge in [0.15, 0.2) is 28.7 Å². The molecule has 5 aromatic rings. The molecule has 1 aromatic heterocycles. The number of nitrogens with zero attached hydrogens (tertiary/aromatic N) is 2. The van der Waals surface area contributed by atoms with Gasteiger partial charge in [-0.3, -0.25) is 19.3 Å². The Bertz CT molecular complexity index is 2070. The first-order chi connectivity index (χ1) is 21.2. The molecule has 224 valence electrons. The SMILES string of the molecule is COc1cc2c(cc1OC(=O)N(C)c1ccccc1OC(=O)CCC(=O)O)c(=O)n(C)c1c3cc4c(cc3ccc21)OCO4. The fourth-order valence-corrected chi connectivity index (χ4v) is 5.22. The van der Waals surface area contributed by atoms with E-state index in [-0.39, 0.29) is 41.7 Å². The third kappa shape index (κ3) is 4.96. The number of ether oxygens (including phenoxy) is 5. The normalized spacial score (nSPS) is 12.0. The van der Waals surface area contributed by atoms with Gasteiger partial charge in [0.1, 0.15) is 0 Å². The average molecular weight is 599 g/mol. The largest absolute Gasteiger partial charge is 0.493 e. The van der Waals surface area contributed by atoms with Crippen LogP contribution in [0.1, 0.15) is 12.8 Å². The first-order valence-corrected chi connectivity index (χ1v) is 13.5. The second-order valence-electron chi connectivity index (χ2n) is 10.1. The Kier molecular flexibility index (Phi) is 7.17. The maximum absolute atomic E-state index is 13.7. The third-order valence-corrected chi connectivity index (χ3v) is 7.41. The molecule has 2 heterocycles. The number of hydrogen-bond donors (Lipinski definition) is 1. The van der Waals surface area contributed by atoms with Gasteiger partial charge in [-0.05, 0) is 41.8 Å². The molecule has 0 radical (unpaired) electrons. The minimum atomic E-state index is -1.13. The molecule has 1 aliphatic rings. The predicted octanol–water partition coefficient (Wildman–Crippen LogP) is 4.99. The highest BCUT2D eigenvalue weighted by atomic mass is 16.7. The molecular weight excluding hydrogens is 572 g/mol. The number of para-hydroxylation sites is 2. The summed E-state index contributed by atoms with van der Waals surface area (Å²) < 4.78 is 29.2. The first kappa shape index (κ1) is 28.3. The van der Waals surface area contributed by atoms with E-state index in [1.54, 1.807) is 29.8 Å². The molecule has 0 aliphatic carbocycles. The van der Waals surface area contributed by atoms with Crippen LogP contribution in [0.2, 0.25) is 0 Å². The topological polar surface area (TPSA) is 143 Å². The fourth-order valence-electron chi connectivity index (χ4n) is 5.22. The van der Waals surface area contributed by atoms with E-state index in [0.717, 1.165) is 21.1 Å². The van der Waals surface area contributed by atoms with Gasteiger partial charge in [-0.2, -0.15) is 0 Å². The summed E-state index contributed by atoms with van der Waals surface area (Å²) in [5, 5.41) is 12.2. The van der Waals surface area contributed by atoms with Crippen LogP contribution in [-0.4, -0.2) is 48.7 Å². The van der Waals surface area contributed by atoms with Crippen LogP contribution in [0.25, 0.3) is 32.4 Å². The van der Waals surface area contributed by atoms with Crippen molar-refractivity contribution in [3.63, 3.8) is 0 Å². The summed E-state index contributed by atoms with van der Waals surface area (Å²) in [5.41, 5.74) is 0.583. The molecule has 0 fully saturated rings. The molecule has 0 bridgehead atoms. The Morgan fingerprint density at radius 1 is 0.864 bits per heavy atom. The standard InChI is InChI=1S/C32H26N2O10/c1-33(22-6-4-5-7-23(22)43-29(37)11-10-28(35)36)32(39)44-27-15-21-20(14-24(27)40-3)18-9-8-17-12-25-26(42-16-41-25)13-19(17)30(18)34(2)31(21)38/h4-9,12-15H,10-11,16H2,1-3H3,(H,35,36). The highest BCUT2D eigenvalue weighted by Crippen LogP contribution is 2.41. The molecule has 44 heavy (non-hydrogen) atoms. The summed E-state index contributed by atoms with van der Waals surface area (Å²) in [4.78, 5) is 51.1. The van der Waals surface area contributed by atoms with Crippen molar-refractivity contribution in [1.29, 1.82) is 0 Å².